The van der Waals surface area contributed by atoms with E-state index in [1.807, 2.05) is 24.3 Å². The monoisotopic (exact) mass is 350 g/mol. The number of hydrogen-bond donors (Lipinski definition) is 1. The zero-order valence-electron chi connectivity index (χ0n) is 13.4. The van der Waals surface area contributed by atoms with Gasteiger partial charge in [-0.15, -0.1) is 0 Å². The van der Waals surface area contributed by atoms with Gasteiger partial charge in [-0.25, -0.2) is 0 Å². The Labute approximate surface area is 147 Å². The molecule has 4 heteroatoms. The molecule has 2 rings (SSSR count). The van der Waals surface area contributed by atoms with Crippen LogP contribution < -0.4 is 4.74 Å². The predicted molar refractivity (Wildman–Crippen MR) is 97.8 cm³/mol. The van der Waals surface area contributed by atoms with Gasteiger partial charge in [0.05, 0.1) is 6.61 Å². The Bertz CT molecular complexity index is 616. The Kier molecular flexibility index (Phi) is 7.80. The molecule has 0 spiro atoms. The number of ether oxygens (including phenoxy) is 1. The number of unbranched alkanes of at least 4 members (excludes halogenated alkanes) is 1. The first-order valence-electron chi connectivity index (χ1n) is 8.03. The summed E-state index contributed by atoms with van der Waals surface area (Å²) in [5, 5.41) is 9.67. The lowest BCUT2D eigenvalue weighted by atomic mass is 10.1. The molecule has 0 aliphatic carbocycles. The summed E-state index contributed by atoms with van der Waals surface area (Å²) < 4.78 is 5.75. The maximum atomic E-state index is 8.91. The largest absolute Gasteiger partial charge is 0.494 e. The summed E-state index contributed by atoms with van der Waals surface area (Å²) in [7, 11) is 0. The summed E-state index contributed by atoms with van der Waals surface area (Å²) in [5.74, 6) is 0.911. The van der Waals surface area contributed by atoms with Crippen molar-refractivity contribution in [1.29, 1.82) is 0 Å². The molecule has 0 radical (unpaired) electrons. The summed E-state index contributed by atoms with van der Waals surface area (Å²) >= 11 is 8.00. The summed E-state index contributed by atoms with van der Waals surface area (Å²) in [4.78, 5) is 2.24. The maximum absolute atomic E-state index is 8.91. The minimum atomic E-state index is 0.192. The molecule has 0 aromatic heterocycles. The fourth-order valence-electron chi connectivity index (χ4n) is 2.16. The molecule has 0 bridgehead atoms. The number of aliphatic hydroxyl groups is 1. The van der Waals surface area contributed by atoms with Crippen LogP contribution in [0.15, 0.2) is 52.3 Å². The Morgan fingerprint density at radius 2 is 1.91 bits per heavy atom. The van der Waals surface area contributed by atoms with Crippen molar-refractivity contribution in [3.05, 3.63) is 53.1 Å². The van der Waals surface area contributed by atoms with E-state index < -0.39 is 0 Å². The molecule has 2 aromatic rings. The van der Waals surface area contributed by atoms with E-state index in [9.17, 15) is 0 Å². The van der Waals surface area contributed by atoms with Crippen LogP contribution in [0.3, 0.4) is 0 Å². The Morgan fingerprint density at radius 3 is 2.65 bits per heavy atom. The van der Waals surface area contributed by atoms with Gasteiger partial charge in [0.25, 0.3) is 0 Å². The van der Waals surface area contributed by atoms with E-state index in [1.165, 1.54) is 0 Å². The Morgan fingerprint density at radius 1 is 1.09 bits per heavy atom. The number of rotatable bonds is 9. The van der Waals surface area contributed by atoms with Gasteiger partial charge in [-0.2, -0.15) is 0 Å². The average molecular weight is 351 g/mol. The first-order chi connectivity index (χ1) is 11.2. The molecule has 1 N–H and O–H groups in total. The SMILES string of the molecule is CCCCOc1cccc(Sc2ccc(CCCO)c(Cl)c2)c1. The molecule has 0 atom stereocenters. The van der Waals surface area contributed by atoms with E-state index in [0.29, 0.717) is 0 Å². The molecule has 0 aliphatic rings. The second kappa shape index (κ2) is 9.86. The normalized spacial score (nSPS) is 10.7. The van der Waals surface area contributed by atoms with Crippen molar-refractivity contribution in [2.45, 2.75) is 42.4 Å². The molecule has 0 saturated carbocycles. The van der Waals surface area contributed by atoms with Crippen molar-refractivity contribution in [1.82, 2.24) is 0 Å². The fraction of sp³-hybridized carbons (Fsp3) is 0.368. The first-order valence-corrected chi connectivity index (χ1v) is 9.22. The van der Waals surface area contributed by atoms with Crippen LogP contribution in [-0.2, 0) is 6.42 Å². The van der Waals surface area contributed by atoms with Crippen LogP contribution in [0.25, 0.3) is 0 Å². The molecule has 0 aliphatic heterocycles. The van der Waals surface area contributed by atoms with E-state index in [4.69, 9.17) is 21.4 Å². The van der Waals surface area contributed by atoms with Crippen LogP contribution >= 0.6 is 23.4 Å². The van der Waals surface area contributed by atoms with E-state index in [0.717, 1.165) is 58.4 Å². The number of aryl methyl sites for hydroxylation is 1. The fourth-order valence-corrected chi connectivity index (χ4v) is 3.41. The van der Waals surface area contributed by atoms with Crippen molar-refractivity contribution in [3.63, 3.8) is 0 Å². The lowest BCUT2D eigenvalue weighted by Crippen LogP contribution is -1.96. The van der Waals surface area contributed by atoms with Crippen molar-refractivity contribution in [3.8, 4) is 5.75 Å². The van der Waals surface area contributed by atoms with Crippen LogP contribution in [0.5, 0.6) is 5.75 Å². The third-order valence-corrected chi connectivity index (χ3v) is 4.77. The predicted octanol–water partition coefficient (Wildman–Crippen LogP) is 5.60. The summed E-state index contributed by atoms with van der Waals surface area (Å²) in [5.41, 5.74) is 1.08. The molecule has 0 unspecified atom stereocenters. The molecule has 0 fully saturated rings. The zero-order chi connectivity index (χ0) is 16.5. The van der Waals surface area contributed by atoms with E-state index in [1.54, 1.807) is 11.8 Å². The van der Waals surface area contributed by atoms with Crippen LogP contribution in [0.1, 0.15) is 31.7 Å². The lowest BCUT2D eigenvalue weighted by molar-refractivity contribution is 0.288. The van der Waals surface area contributed by atoms with Crippen LogP contribution in [0.2, 0.25) is 5.02 Å². The molecule has 124 valence electrons. The zero-order valence-corrected chi connectivity index (χ0v) is 15.0. The third-order valence-electron chi connectivity index (χ3n) is 3.44. The van der Waals surface area contributed by atoms with Gasteiger partial charge in [0.15, 0.2) is 0 Å². The van der Waals surface area contributed by atoms with E-state index >= 15 is 0 Å². The summed E-state index contributed by atoms with van der Waals surface area (Å²) in [6.45, 7) is 3.11. The maximum Gasteiger partial charge on any atom is 0.120 e. The smallest absolute Gasteiger partial charge is 0.120 e. The standard InChI is InChI=1S/C19H23ClO2S/c1-2-3-12-22-16-7-4-8-17(13-16)23-18-10-9-15(6-5-11-21)19(20)14-18/h4,7-10,13-14,21H,2-3,5-6,11-12H2,1H3. The minimum Gasteiger partial charge on any atom is -0.494 e. The number of halogens is 1. The van der Waals surface area contributed by atoms with Crippen LogP contribution in [-0.4, -0.2) is 18.3 Å². The molecule has 0 heterocycles. The number of benzene rings is 2. The molecule has 23 heavy (non-hydrogen) atoms. The van der Waals surface area contributed by atoms with Crippen molar-refractivity contribution in [2.24, 2.45) is 0 Å². The molecule has 2 nitrogen and oxygen atoms in total. The Hall–Kier alpha value is -1.16. The lowest BCUT2D eigenvalue weighted by Gasteiger charge is -2.09. The van der Waals surface area contributed by atoms with E-state index in [2.05, 4.69) is 25.1 Å². The van der Waals surface area contributed by atoms with Crippen molar-refractivity contribution < 1.29 is 9.84 Å². The summed E-state index contributed by atoms with van der Waals surface area (Å²) in [6, 6.07) is 14.3. The van der Waals surface area contributed by atoms with Gasteiger partial charge in [0, 0.05) is 21.4 Å². The number of hydrogen-bond acceptors (Lipinski definition) is 3. The molecular weight excluding hydrogens is 328 g/mol. The van der Waals surface area contributed by atoms with E-state index in [-0.39, 0.29) is 6.61 Å². The summed E-state index contributed by atoms with van der Waals surface area (Å²) in [6.07, 6.45) is 3.75. The van der Waals surface area contributed by atoms with Crippen molar-refractivity contribution in [2.75, 3.05) is 13.2 Å². The van der Waals surface area contributed by atoms with Gasteiger partial charge in [0.2, 0.25) is 0 Å². The molecule has 0 amide bonds. The third kappa shape index (κ3) is 6.09. The van der Waals surface area contributed by atoms with Gasteiger partial charge < -0.3 is 9.84 Å². The highest BCUT2D eigenvalue weighted by Crippen LogP contribution is 2.32. The highest BCUT2D eigenvalue weighted by molar-refractivity contribution is 7.99. The van der Waals surface area contributed by atoms with Gasteiger partial charge in [0.1, 0.15) is 5.75 Å². The Balaban J connectivity index is 2.01. The topological polar surface area (TPSA) is 29.5 Å². The minimum absolute atomic E-state index is 0.192. The quantitative estimate of drug-likeness (QED) is 0.597. The highest BCUT2D eigenvalue weighted by atomic mass is 35.5. The molecule has 2 aromatic carbocycles. The number of aliphatic hydroxyl groups excluding tert-OH is 1. The molecular formula is C19H23ClO2S. The van der Waals surface area contributed by atoms with Crippen LogP contribution in [0.4, 0.5) is 0 Å². The second-order valence-electron chi connectivity index (χ2n) is 5.36. The van der Waals surface area contributed by atoms with Crippen molar-refractivity contribution >= 4 is 23.4 Å². The average Bonchev–Trinajstić information content (AvgIpc) is 2.55. The first kappa shape index (κ1) is 18.2. The van der Waals surface area contributed by atoms with Crippen LogP contribution in [0, 0.1) is 0 Å². The van der Waals surface area contributed by atoms with Gasteiger partial charge in [-0.3, -0.25) is 0 Å². The molecule has 0 saturated heterocycles. The van der Waals surface area contributed by atoms with Gasteiger partial charge in [-0.05, 0) is 55.2 Å². The van der Waals surface area contributed by atoms with Gasteiger partial charge in [-0.1, -0.05) is 48.8 Å². The van der Waals surface area contributed by atoms with Gasteiger partial charge >= 0.3 is 0 Å². The second-order valence-corrected chi connectivity index (χ2v) is 6.91. The highest BCUT2D eigenvalue weighted by Gasteiger charge is 2.05.